The molecule has 0 fully saturated rings. The van der Waals surface area contributed by atoms with Crippen LogP contribution >= 0.6 is 23.2 Å². The second kappa shape index (κ2) is 5.18. The van der Waals surface area contributed by atoms with Crippen LogP contribution in [0.5, 0.6) is 0 Å². The van der Waals surface area contributed by atoms with Gasteiger partial charge in [0.15, 0.2) is 0 Å². The molecule has 1 aromatic carbocycles. The van der Waals surface area contributed by atoms with Crippen molar-refractivity contribution in [3.8, 4) is 0 Å². The number of rotatable bonds is 4. The number of benzene rings is 1. The number of nitrogens with zero attached hydrogens (tertiary/aromatic N) is 1. The summed E-state index contributed by atoms with van der Waals surface area (Å²) < 4.78 is 0. The Morgan fingerprint density at radius 2 is 1.88 bits per heavy atom. The molecule has 1 aromatic rings. The van der Waals surface area contributed by atoms with Crippen molar-refractivity contribution < 1.29 is 14.7 Å². The van der Waals surface area contributed by atoms with Crippen molar-refractivity contribution in [3.63, 3.8) is 0 Å². The number of aliphatic carboxylic acids is 1. The van der Waals surface area contributed by atoms with Gasteiger partial charge in [-0.25, -0.2) is 4.79 Å². The number of halogens is 2. The average molecular weight is 262 g/mol. The van der Waals surface area contributed by atoms with Gasteiger partial charge in [-0.1, -0.05) is 23.2 Å². The zero-order chi connectivity index (χ0) is 12.3. The van der Waals surface area contributed by atoms with Gasteiger partial charge < -0.3 is 10.0 Å². The van der Waals surface area contributed by atoms with Crippen LogP contribution in [0.25, 0.3) is 0 Å². The lowest BCUT2D eigenvalue weighted by atomic mass is 10.2. The molecular weight excluding hydrogens is 253 g/mol. The van der Waals surface area contributed by atoms with Gasteiger partial charge in [-0.05, 0) is 25.1 Å². The lowest BCUT2D eigenvalue weighted by molar-refractivity contribution is -0.138. The van der Waals surface area contributed by atoms with Gasteiger partial charge in [0.05, 0.1) is 0 Å². The SMILES string of the molecule is C[C@@H](C(=O)O)N(C=O)c1cc(Cl)cc(Cl)c1. The first-order valence-electron chi connectivity index (χ1n) is 4.38. The van der Waals surface area contributed by atoms with Crippen LogP contribution in [0, 0.1) is 0 Å². The Balaban J connectivity index is 3.13. The van der Waals surface area contributed by atoms with Crippen LogP contribution in [-0.2, 0) is 9.59 Å². The van der Waals surface area contributed by atoms with E-state index >= 15 is 0 Å². The second-order valence-corrected chi connectivity index (χ2v) is 4.03. The van der Waals surface area contributed by atoms with Crippen LogP contribution in [0.15, 0.2) is 18.2 Å². The molecule has 0 bridgehead atoms. The Morgan fingerprint density at radius 3 is 2.25 bits per heavy atom. The number of carbonyl (C=O) groups is 2. The molecule has 1 amide bonds. The van der Waals surface area contributed by atoms with Gasteiger partial charge in [0, 0.05) is 15.7 Å². The van der Waals surface area contributed by atoms with Crippen LogP contribution in [0.3, 0.4) is 0 Å². The highest BCUT2D eigenvalue weighted by molar-refractivity contribution is 6.35. The maximum absolute atomic E-state index is 10.9. The third-order valence-corrected chi connectivity index (χ3v) is 2.47. The first kappa shape index (κ1) is 12.8. The summed E-state index contributed by atoms with van der Waals surface area (Å²) in [5.41, 5.74) is 0.349. The van der Waals surface area contributed by atoms with E-state index in [9.17, 15) is 9.59 Å². The molecule has 0 radical (unpaired) electrons. The molecular formula is C10H9Cl2NO3. The summed E-state index contributed by atoms with van der Waals surface area (Å²) in [5.74, 6) is -1.11. The van der Waals surface area contributed by atoms with Crippen LogP contribution in [0.4, 0.5) is 5.69 Å². The molecule has 1 rings (SSSR count). The molecule has 0 aliphatic carbocycles. The van der Waals surface area contributed by atoms with Crippen molar-refractivity contribution in [2.24, 2.45) is 0 Å². The second-order valence-electron chi connectivity index (χ2n) is 3.15. The Bertz CT molecular complexity index is 402. The van der Waals surface area contributed by atoms with Crippen LogP contribution < -0.4 is 4.90 Å². The molecule has 4 nitrogen and oxygen atoms in total. The van der Waals surface area contributed by atoms with Gasteiger partial charge in [0.1, 0.15) is 6.04 Å². The Morgan fingerprint density at radius 1 is 1.38 bits per heavy atom. The Hall–Kier alpha value is -1.26. The van der Waals surface area contributed by atoms with Gasteiger partial charge in [-0.3, -0.25) is 4.79 Å². The van der Waals surface area contributed by atoms with Gasteiger partial charge in [0.25, 0.3) is 0 Å². The third kappa shape index (κ3) is 2.87. The number of carboxylic acids is 1. The van der Waals surface area contributed by atoms with E-state index in [1.165, 1.54) is 25.1 Å². The third-order valence-electron chi connectivity index (χ3n) is 2.03. The van der Waals surface area contributed by atoms with E-state index in [2.05, 4.69) is 0 Å². The highest BCUT2D eigenvalue weighted by atomic mass is 35.5. The minimum atomic E-state index is -1.11. The standard InChI is InChI=1S/C10H9Cl2NO3/c1-6(10(15)16)13(5-14)9-3-7(11)2-8(12)4-9/h2-6H,1H3,(H,15,16)/t6-/m0/s1. The lowest BCUT2D eigenvalue weighted by Gasteiger charge is -2.22. The first-order valence-corrected chi connectivity index (χ1v) is 5.14. The van der Waals surface area contributed by atoms with Crippen LogP contribution in [0.1, 0.15) is 6.92 Å². The molecule has 0 saturated heterocycles. The molecule has 0 aliphatic rings. The van der Waals surface area contributed by atoms with E-state index in [1.54, 1.807) is 0 Å². The van der Waals surface area contributed by atoms with Gasteiger partial charge in [0.2, 0.25) is 6.41 Å². The quantitative estimate of drug-likeness (QED) is 0.848. The molecule has 0 spiro atoms. The summed E-state index contributed by atoms with van der Waals surface area (Å²) in [5, 5.41) is 9.50. The maximum atomic E-state index is 10.9. The molecule has 0 aliphatic heterocycles. The van der Waals surface area contributed by atoms with Gasteiger partial charge in [-0.15, -0.1) is 0 Å². The fourth-order valence-electron chi connectivity index (χ4n) is 1.18. The summed E-state index contributed by atoms with van der Waals surface area (Å²) in [6.07, 6.45) is 0.431. The lowest BCUT2D eigenvalue weighted by Crippen LogP contribution is -2.38. The van der Waals surface area contributed by atoms with E-state index in [4.69, 9.17) is 28.3 Å². The number of carbonyl (C=O) groups excluding carboxylic acids is 1. The van der Waals surface area contributed by atoms with Crippen LogP contribution in [0.2, 0.25) is 10.0 Å². The molecule has 86 valence electrons. The van der Waals surface area contributed by atoms with Crippen molar-refractivity contribution in [1.29, 1.82) is 0 Å². The van der Waals surface area contributed by atoms with Crippen LogP contribution in [-0.4, -0.2) is 23.5 Å². The van der Waals surface area contributed by atoms with Crippen molar-refractivity contribution in [2.75, 3.05) is 4.90 Å². The predicted molar refractivity (Wildman–Crippen MR) is 62.1 cm³/mol. The number of hydrogen-bond acceptors (Lipinski definition) is 2. The summed E-state index contributed by atoms with van der Waals surface area (Å²) in [6.45, 7) is 1.39. The van der Waals surface area contributed by atoms with E-state index < -0.39 is 12.0 Å². The molecule has 0 saturated carbocycles. The number of amides is 1. The fraction of sp³-hybridized carbons (Fsp3) is 0.200. The molecule has 0 aromatic heterocycles. The summed E-state index contributed by atoms with van der Waals surface area (Å²) in [6, 6.07) is 3.47. The number of hydrogen-bond donors (Lipinski definition) is 1. The smallest absolute Gasteiger partial charge is 0.326 e. The Labute approximate surface area is 102 Å². The van der Waals surface area contributed by atoms with Gasteiger partial charge >= 0.3 is 5.97 Å². The highest BCUT2D eigenvalue weighted by Crippen LogP contribution is 2.25. The zero-order valence-electron chi connectivity index (χ0n) is 8.35. The molecule has 6 heteroatoms. The van der Waals surface area contributed by atoms with E-state index in [0.29, 0.717) is 22.1 Å². The number of carboxylic acid groups (broad SMARTS) is 1. The van der Waals surface area contributed by atoms with Crippen molar-refractivity contribution >= 4 is 41.3 Å². The van der Waals surface area contributed by atoms with E-state index in [1.807, 2.05) is 0 Å². The Kier molecular flexibility index (Phi) is 4.15. The minimum absolute atomic E-state index is 0.340. The fourth-order valence-corrected chi connectivity index (χ4v) is 1.70. The zero-order valence-corrected chi connectivity index (χ0v) is 9.87. The van der Waals surface area contributed by atoms with E-state index in [-0.39, 0.29) is 0 Å². The van der Waals surface area contributed by atoms with Crippen molar-refractivity contribution in [2.45, 2.75) is 13.0 Å². The average Bonchev–Trinajstić information content (AvgIpc) is 2.16. The summed E-state index contributed by atoms with van der Waals surface area (Å²) >= 11 is 11.5. The topological polar surface area (TPSA) is 57.6 Å². The summed E-state index contributed by atoms with van der Waals surface area (Å²) in [4.78, 5) is 22.7. The monoisotopic (exact) mass is 261 g/mol. The molecule has 0 heterocycles. The van der Waals surface area contributed by atoms with Crippen molar-refractivity contribution in [3.05, 3.63) is 28.2 Å². The number of anilines is 1. The molecule has 0 unspecified atom stereocenters. The minimum Gasteiger partial charge on any atom is -0.480 e. The highest BCUT2D eigenvalue weighted by Gasteiger charge is 2.21. The summed E-state index contributed by atoms with van der Waals surface area (Å²) in [7, 11) is 0. The van der Waals surface area contributed by atoms with Crippen molar-refractivity contribution in [1.82, 2.24) is 0 Å². The molecule has 1 N–H and O–H groups in total. The van der Waals surface area contributed by atoms with E-state index in [0.717, 1.165) is 4.90 Å². The predicted octanol–water partition coefficient (Wildman–Crippen LogP) is 2.43. The first-order chi connectivity index (χ1) is 7.45. The molecule has 16 heavy (non-hydrogen) atoms. The van der Waals surface area contributed by atoms with Gasteiger partial charge in [-0.2, -0.15) is 0 Å². The maximum Gasteiger partial charge on any atom is 0.326 e. The largest absolute Gasteiger partial charge is 0.480 e. The normalized spacial score (nSPS) is 11.9. The molecule has 1 atom stereocenters.